The summed E-state index contributed by atoms with van der Waals surface area (Å²) in [6.07, 6.45) is 0. The number of hydrogen-bond acceptors (Lipinski definition) is 3. The molecule has 0 aromatic heterocycles. The molecule has 2 rings (SSSR count). The minimum atomic E-state index is 0.368. The van der Waals surface area contributed by atoms with Crippen molar-refractivity contribution < 1.29 is 4.74 Å². The van der Waals surface area contributed by atoms with Crippen molar-refractivity contribution in [2.45, 2.75) is 5.54 Å². The monoisotopic (exact) mass is 156 g/mol. The SMILES string of the molecule is CN1CC2(COCCN2C)C1. The molecule has 0 bridgehead atoms. The minimum absolute atomic E-state index is 0.368. The molecule has 0 radical (unpaired) electrons. The second-order valence-electron chi connectivity index (χ2n) is 3.87. The molecule has 0 atom stereocenters. The van der Waals surface area contributed by atoms with Gasteiger partial charge in [0.2, 0.25) is 0 Å². The zero-order valence-corrected chi connectivity index (χ0v) is 7.34. The number of likely N-dealkylation sites (N-methyl/N-ethyl adjacent to an activating group) is 2. The Hall–Kier alpha value is -0.120. The molecule has 1 spiro atoms. The molecule has 0 amide bonds. The molecule has 0 unspecified atom stereocenters. The van der Waals surface area contributed by atoms with E-state index in [9.17, 15) is 0 Å². The Bertz CT molecular complexity index is 149. The van der Waals surface area contributed by atoms with Crippen LogP contribution in [0, 0.1) is 0 Å². The zero-order valence-electron chi connectivity index (χ0n) is 7.34. The molecule has 11 heavy (non-hydrogen) atoms. The molecule has 3 nitrogen and oxygen atoms in total. The highest BCUT2D eigenvalue weighted by molar-refractivity contribution is 5.03. The lowest BCUT2D eigenvalue weighted by atomic mass is 9.89. The molecule has 0 aliphatic carbocycles. The second kappa shape index (κ2) is 2.44. The van der Waals surface area contributed by atoms with E-state index in [1.165, 1.54) is 13.1 Å². The lowest BCUT2D eigenvalue weighted by molar-refractivity contribution is -0.123. The lowest BCUT2D eigenvalue weighted by Gasteiger charge is -2.55. The van der Waals surface area contributed by atoms with Crippen LogP contribution in [-0.2, 0) is 4.74 Å². The summed E-state index contributed by atoms with van der Waals surface area (Å²) in [4.78, 5) is 4.78. The van der Waals surface area contributed by atoms with Crippen molar-refractivity contribution in [2.75, 3.05) is 46.9 Å². The fraction of sp³-hybridized carbons (Fsp3) is 1.00. The van der Waals surface area contributed by atoms with Crippen molar-refractivity contribution in [3.05, 3.63) is 0 Å². The Morgan fingerprint density at radius 3 is 2.55 bits per heavy atom. The van der Waals surface area contributed by atoms with Crippen LogP contribution in [0.3, 0.4) is 0 Å². The molecule has 2 aliphatic rings. The third-order valence-corrected chi connectivity index (χ3v) is 2.88. The van der Waals surface area contributed by atoms with Crippen LogP contribution in [0.1, 0.15) is 0 Å². The molecule has 2 aliphatic heterocycles. The average molecular weight is 156 g/mol. The van der Waals surface area contributed by atoms with Gasteiger partial charge in [0.05, 0.1) is 18.8 Å². The van der Waals surface area contributed by atoms with Crippen molar-refractivity contribution in [1.29, 1.82) is 0 Å². The van der Waals surface area contributed by atoms with Crippen LogP contribution in [0.2, 0.25) is 0 Å². The minimum Gasteiger partial charge on any atom is -0.378 e. The smallest absolute Gasteiger partial charge is 0.0697 e. The maximum absolute atomic E-state index is 5.48. The van der Waals surface area contributed by atoms with Gasteiger partial charge in [-0.05, 0) is 14.1 Å². The molecular formula is C8H16N2O. The van der Waals surface area contributed by atoms with Crippen molar-refractivity contribution in [3.63, 3.8) is 0 Å². The van der Waals surface area contributed by atoms with Crippen LogP contribution in [0.15, 0.2) is 0 Å². The van der Waals surface area contributed by atoms with E-state index in [0.717, 1.165) is 19.8 Å². The maximum atomic E-state index is 5.48. The van der Waals surface area contributed by atoms with Gasteiger partial charge in [-0.2, -0.15) is 0 Å². The standard InChI is InChI=1S/C8H16N2O/c1-9-5-8(6-9)7-11-4-3-10(8)2/h3-7H2,1-2H3. The van der Waals surface area contributed by atoms with Gasteiger partial charge in [-0.3, -0.25) is 4.90 Å². The number of ether oxygens (including phenoxy) is 1. The van der Waals surface area contributed by atoms with Gasteiger partial charge in [0, 0.05) is 19.6 Å². The molecule has 0 saturated carbocycles. The van der Waals surface area contributed by atoms with Crippen molar-refractivity contribution in [3.8, 4) is 0 Å². The van der Waals surface area contributed by atoms with Gasteiger partial charge in [-0.15, -0.1) is 0 Å². The largest absolute Gasteiger partial charge is 0.378 e. The van der Waals surface area contributed by atoms with Crippen molar-refractivity contribution >= 4 is 0 Å². The molecule has 2 fully saturated rings. The van der Waals surface area contributed by atoms with E-state index in [1.807, 2.05) is 0 Å². The second-order valence-corrected chi connectivity index (χ2v) is 3.87. The quantitative estimate of drug-likeness (QED) is 0.476. The number of likely N-dealkylation sites (tertiary alicyclic amines) is 1. The summed E-state index contributed by atoms with van der Waals surface area (Å²) < 4.78 is 5.48. The maximum Gasteiger partial charge on any atom is 0.0697 e. The van der Waals surface area contributed by atoms with Crippen LogP contribution in [-0.4, -0.2) is 62.3 Å². The highest BCUT2D eigenvalue weighted by Gasteiger charge is 2.46. The van der Waals surface area contributed by atoms with Crippen LogP contribution in [0.25, 0.3) is 0 Å². The first-order valence-corrected chi connectivity index (χ1v) is 4.20. The first-order valence-electron chi connectivity index (χ1n) is 4.20. The molecule has 3 heteroatoms. The summed E-state index contributed by atoms with van der Waals surface area (Å²) in [5, 5.41) is 0. The molecule has 0 aromatic carbocycles. The summed E-state index contributed by atoms with van der Waals surface area (Å²) in [5.41, 5.74) is 0.368. The Morgan fingerprint density at radius 2 is 2.00 bits per heavy atom. The van der Waals surface area contributed by atoms with Crippen molar-refractivity contribution in [2.24, 2.45) is 0 Å². The van der Waals surface area contributed by atoms with Crippen LogP contribution < -0.4 is 0 Å². The Balaban J connectivity index is 2.00. The molecule has 0 aromatic rings. The zero-order chi connectivity index (χ0) is 7.90. The van der Waals surface area contributed by atoms with Crippen LogP contribution in [0.4, 0.5) is 0 Å². The van der Waals surface area contributed by atoms with Gasteiger partial charge in [-0.25, -0.2) is 0 Å². The third kappa shape index (κ3) is 1.08. The van der Waals surface area contributed by atoms with Gasteiger partial charge in [0.25, 0.3) is 0 Å². The van der Waals surface area contributed by atoms with Crippen LogP contribution in [0.5, 0.6) is 0 Å². The summed E-state index contributed by atoms with van der Waals surface area (Å²) in [7, 11) is 4.36. The van der Waals surface area contributed by atoms with Crippen molar-refractivity contribution in [1.82, 2.24) is 9.80 Å². The van der Waals surface area contributed by atoms with Crippen LogP contribution >= 0.6 is 0 Å². The normalized spacial score (nSPS) is 32.2. The fourth-order valence-electron chi connectivity index (χ4n) is 2.10. The van der Waals surface area contributed by atoms with E-state index in [2.05, 4.69) is 23.9 Å². The van der Waals surface area contributed by atoms with Gasteiger partial charge in [0.15, 0.2) is 0 Å². The van der Waals surface area contributed by atoms with Gasteiger partial charge < -0.3 is 9.64 Å². The Labute approximate surface area is 67.9 Å². The van der Waals surface area contributed by atoms with Gasteiger partial charge in [0.1, 0.15) is 0 Å². The molecular weight excluding hydrogens is 140 g/mol. The average Bonchev–Trinajstić information content (AvgIpc) is 1.92. The van der Waals surface area contributed by atoms with E-state index in [1.54, 1.807) is 0 Å². The summed E-state index contributed by atoms with van der Waals surface area (Å²) in [6.45, 7) is 5.26. The molecule has 0 N–H and O–H groups in total. The first-order chi connectivity index (χ1) is 5.23. The topological polar surface area (TPSA) is 15.7 Å². The van der Waals surface area contributed by atoms with E-state index in [0.29, 0.717) is 5.54 Å². The predicted molar refractivity (Wildman–Crippen MR) is 43.7 cm³/mol. The van der Waals surface area contributed by atoms with Gasteiger partial charge >= 0.3 is 0 Å². The Kier molecular flexibility index (Phi) is 1.67. The summed E-state index contributed by atoms with van der Waals surface area (Å²) >= 11 is 0. The number of rotatable bonds is 0. The molecule has 2 heterocycles. The lowest BCUT2D eigenvalue weighted by Crippen LogP contribution is -2.72. The first kappa shape index (κ1) is 7.53. The Morgan fingerprint density at radius 1 is 1.27 bits per heavy atom. The van der Waals surface area contributed by atoms with E-state index in [4.69, 9.17) is 4.74 Å². The number of morpholine rings is 1. The predicted octanol–water partition coefficient (Wildman–Crippen LogP) is -0.367. The third-order valence-electron chi connectivity index (χ3n) is 2.88. The molecule has 2 saturated heterocycles. The van der Waals surface area contributed by atoms with E-state index < -0.39 is 0 Å². The highest BCUT2D eigenvalue weighted by atomic mass is 16.5. The summed E-state index contributed by atoms with van der Waals surface area (Å²) in [5.74, 6) is 0. The fourth-order valence-corrected chi connectivity index (χ4v) is 2.10. The summed E-state index contributed by atoms with van der Waals surface area (Å²) in [6, 6.07) is 0. The number of hydrogen-bond donors (Lipinski definition) is 0. The highest BCUT2D eigenvalue weighted by Crippen LogP contribution is 2.27. The number of nitrogens with zero attached hydrogens (tertiary/aromatic N) is 2. The van der Waals surface area contributed by atoms with E-state index in [-0.39, 0.29) is 0 Å². The molecule has 64 valence electrons. The van der Waals surface area contributed by atoms with Gasteiger partial charge in [-0.1, -0.05) is 0 Å². The van der Waals surface area contributed by atoms with E-state index >= 15 is 0 Å².